The summed E-state index contributed by atoms with van der Waals surface area (Å²) in [7, 11) is 0. The topological polar surface area (TPSA) is 68.4 Å². The van der Waals surface area contributed by atoms with Gasteiger partial charge in [-0.05, 0) is 31.0 Å². The van der Waals surface area contributed by atoms with Gasteiger partial charge in [-0.2, -0.15) is 5.10 Å². The Bertz CT molecular complexity index is 1140. The molecule has 0 atom stereocenters. The Kier molecular flexibility index (Phi) is 4.30. The van der Waals surface area contributed by atoms with Gasteiger partial charge < -0.3 is 5.32 Å². The molecule has 0 aliphatic heterocycles. The van der Waals surface area contributed by atoms with E-state index >= 15 is 0 Å². The third kappa shape index (κ3) is 3.13. The molecule has 6 nitrogen and oxygen atoms in total. The van der Waals surface area contributed by atoms with E-state index in [1.54, 1.807) is 22.1 Å². The molecule has 3 aromatic heterocycles. The van der Waals surface area contributed by atoms with Crippen molar-refractivity contribution in [3.8, 4) is 0 Å². The molecule has 1 N–H and O–H groups in total. The summed E-state index contributed by atoms with van der Waals surface area (Å²) in [5, 5.41) is 7.00. The number of carbonyl (C=O) groups excluding carboxylic acids is 1. The van der Waals surface area contributed by atoms with Gasteiger partial charge in [0.1, 0.15) is 18.4 Å². The lowest BCUT2D eigenvalue weighted by atomic mass is 10.1. The molecular weight excluding hydrogens is 348 g/mol. The smallest absolute Gasteiger partial charge is 0.291 e. The molecule has 0 unspecified atom stereocenters. The molecule has 3 heterocycles. The summed E-state index contributed by atoms with van der Waals surface area (Å²) in [5.41, 5.74) is 2.42. The number of nitrogens with zero attached hydrogens (tertiary/aromatic N) is 3. The molecule has 1 aromatic carbocycles. The first kappa shape index (κ1) is 16.5. The normalized spacial score (nSPS) is 11.3. The second-order valence-electron chi connectivity index (χ2n) is 6.19. The van der Waals surface area contributed by atoms with Crippen LogP contribution in [0, 0.1) is 6.92 Å². The van der Waals surface area contributed by atoms with Crippen LogP contribution in [-0.4, -0.2) is 26.6 Å². The molecule has 0 spiro atoms. The number of aryl methyl sites for hydroxylation is 1. The largest absolute Gasteiger partial charge is 0.354 e. The number of hydrogen-bond acceptors (Lipinski definition) is 4. The molecule has 4 rings (SSSR count). The maximum Gasteiger partial charge on any atom is 0.291 e. The van der Waals surface area contributed by atoms with E-state index in [0.29, 0.717) is 12.1 Å². The number of carbonyl (C=O) groups is 1. The molecular formula is C19H18N4O2S. The monoisotopic (exact) mass is 366 g/mol. The van der Waals surface area contributed by atoms with Crippen LogP contribution in [0.25, 0.3) is 15.7 Å². The zero-order valence-corrected chi connectivity index (χ0v) is 15.1. The van der Waals surface area contributed by atoms with Gasteiger partial charge in [0.2, 0.25) is 5.91 Å². The van der Waals surface area contributed by atoms with Crippen molar-refractivity contribution in [1.29, 1.82) is 0 Å². The van der Waals surface area contributed by atoms with Crippen molar-refractivity contribution in [3.63, 3.8) is 0 Å². The molecule has 0 saturated carbocycles. The lowest BCUT2D eigenvalue weighted by Gasteiger charge is -2.07. The number of aromatic nitrogens is 3. The quantitative estimate of drug-likeness (QED) is 0.590. The highest BCUT2D eigenvalue weighted by molar-refractivity contribution is 7.19. The summed E-state index contributed by atoms with van der Waals surface area (Å²) in [6.45, 7) is 2.48. The summed E-state index contributed by atoms with van der Waals surface area (Å²) in [4.78, 5) is 25.9. The molecule has 26 heavy (non-hydrogen) atoms. The molecule has 4 aromatic rings. The molecule has 0 aliphatic carbocycles. The molecule has 0 radical (unpaired) electrons. The highest BCUT2D eigenvalue weighted by Crippen LogP contribution is 2.26. The predicted octanol–water partition coefficient (Wildman–Crippen LogP) is 2.38. The van der Waals surface area contributed by atoms with Gasteiger partial charge in [0.05, 0.1) is 10.2 Å². The first-order chi connectivity index (χ1) is 12.6. The summed E-state index contributed by atoms with van der Waals surface area (Å²) in [5.74, 6) is -0.218. The van der Waals surface area contributed by atoms with Crippen molar-refractivity contribution < 1.29 is 4.79 Å². The summed E-state index contributed by atoms with van der Waals surface area (Å²) in [6, 6.07) is 13.8. The standard InChI is InChI=1S/C19H18N4O2S/c1-13-9-15-17(26-13)10-16-19(25)23(21-12-22(15)16)11-18(24)20-8-7-14-5-3-2-4-6-14/h2-6,9-10,12H,7-8,11H2,1H3,(H,20,24). The number of fused-ring (bicyclic) bond motifs is 3. The minimum absolute atomic E-state index is 0.0814. The minimum Gasteiger partial charge on any atom is -0.354 e. The summed E-state index contributed by atoms with van der Waals surface area (Å²) in [6.07, 6.45) is 2.35. The fourth-order valence-corrected chi connectivity index (χ4v) is 3.97. The van der Waals surface area contributed by atoms with Crippen LogP contribution in [0.15, 0.2) is 53.6 Å². The van der Waals surface area contributed by atoms with E-state index in [4.69, 9.17) is 0 Å². The van der Waals surface area contributed by atoms with E-state index in [9.17, 15) is 9.59 Å². The lowest BCUT2D eigenvalue weighted by molar-refractivity contribution is -0.121. The summed E-state index contributed by atoms with van der Waals surface area (Å²) < 4.78 is 4.04. The molecule has 7 heteroatoms. The third-order valence-corrected chi connectivity index (χ3v) is 5.27. The average molecular weight is 366 g/mol. The van der Waals surface area contributed by atoms with Crippen LogP contribution in [-0.2, 0) is 17.8 Å². The van der Waals surface area contributed by atoms with Crippen LogP contribution in [0.4, 0.5) is 0 Å². The molecule has 1 amide bonds. The fourth-order valence-electron chi connectivity index (χ4n) is 3.02. The van der Waals surface area contributed by atoms with E-state index in [2.05, 4.69) is 10.4 Å². The van der Waals surface area contributed by atoms with Gasteiger partial charge in [0.25, 0.3) is 5.56 Å². The van der Waals surface area contributed by atoms with E-state index in [0.717, 1.165) is 22.2 Å². The maximum atomic E-state index is 12.6. The Morgan fingerprint density at radius 2 is 2.00 bits per heavy atom. The Labute approximate surface area is 153 Å². The number of rotatable bonds is 5. The van der Waals surface area contributed by atoms with Crippen molar-refractivity contribution in [1.82, 2.24) is 19.5 Å². The molecule has 132 valence electrons. The van der Waals surface area contributed by atoms with E-state index in [1.165, 1.54) is 9.56 Å². The second kappa shape index (κ2) is 6.76. The van der Waals surface area contributed by atoms with Crippen molar-refractivity contribution in [3.05, 3.63) is 69.6 Å². The van der Waals surface area contributed by atoms with E-state index < -0.39 is 0 Å². The Morgan fingerprint density at radius 3 is 2.81 bits per heavy atom. The summed E-state index contributed by atoms with van der Waals surface area (Å²) >= 11 is 1.64. The third-order valence-electron chi connectivity index (χ3n) is 4.28. The Balaban J connectivity index is 1.47. The average Bonchev–Trinajstić information content (AvgIpc) is 3.15. The number of benzene rings is 1. The highest BCUT2D eigenvalue weighted by Gasteiger charge is 2.12. The van der Waals surface area contributed by atoms with Crippen LogP contribution in [0.1, 0.15) is 10.4 Å². The highest BCUT2D eigenvalue weighted by atomic mass is 32.1. The van der Waals surface area contributed by atoms with Crippen molar-refractivity contribution >= 4 is 33.0 Å². The van der Waals surface area contributed by atoms with Gasteiger partial charge in [-0.15, -0.1) is 11.3 Å². The van der Waals surface area contributed by atoms with Gasteiger partial charge in [0, 0.05) is 11.4 Å². The number of nitrogens with one attached hydrogen (secondary N) is 1. The first-order valence-corrected chi connectivity index (χ1v) is 9.21. The van der Waals surface area contributed by atoms with Crippen molar-refractivity contribution in [2.75, 3.05) is 6.54 Å². The second-order valence-corrected chi connectivity index (χ2v) is 7.47. The van der Waals surface area contributed by atoms with Gasteiger partial charge in [-0.25, -0.2) is 4.68 Å². The number of thiophene rings is 1. The Hall–Kier alpha value is -2.93. The lowest BCUT2D eigenvalue weighted by Crippen LogP contribution is -2.35. The van der Waals surface area contributed by atoms with Gasteiger partial charge in [0.15, 0.2) is 0 Å². The molecule has 0 bridgehead atoms. The van der Waals surface area contributed by atoms with Gasteiger partial charge in [-0.1, -0.05) is 30.3 Å². The molecule has 0 fully saturated rings. The van der Waals surface area contributed by atoms with Crippen LogP contribution in [0.3, 0.4) is 0 Å². The van der Waals surface area contributed by atoms with Crippen molar-refractivity contribution in [2.24, 2.45) is 0 Å². The minimum atomic E-state index is -0.258. The maximum absolute atomic E-state index is 12.6. The number of hydrogen-bond donors (Lipinski definition) is 1. The van der Waals surface area contributed by atoms with Gasteiger partial charge in [-0.3, -0.25) is 14.0 Å². The van der Waals surface area contributed by atoms with Crippen molar-refractivity contribution in [2.45, 2.75) is 19.9 Å². The number of amides is 1. The van der Waals surface area contributed by atoms with E-state index in [1.807, 2.05) is 49.4 Å². The van der Waals surface area contributed by atoms with Crippen LogP contribution >= 0.6 is 11.3 Å². The van der Waals surface area contributed by atoms with Crippen LogP contribution in [0.2, 0.25) is 0 Å². The van der Waals surface area contributed by atoms with Crippen LogP contribution < -0.4 is 10.9 Å². The predicted molar refractivity (Wildman–Crippen MR) is 103 cm³/mol. The zero-order chi connectivity index (χ0) is 18.1. The van der Waals surface area contributed by atoms with E-state index in [-0.39, 0.29) is 18.0 Å². The molecule has 0 saturated heterocycles. The van der Waals surface area contributed by atoms with Crippen LogP contribution in [0.5, 0.6) is 0 Å². The SMILES string of the molecule is Cc1cc2c(cc3c(=O)n(CC(=O)NCCc4ccccc4)ncn32)s1. The molecule has 0 aliphatic rings. The zero-order valence-electron chi connectivity index (χ0n) is 14.3. The van der Waals surface area contributed by atoms with Gasteiger partial charge >= 0.3 is 0 Å². The first-order valence-electron chi connectivity index (χ1n) is 8.40. The Morgan fingerprint density at radius 1 is 1.19 bits per heavy atom. The fraction of sp³-hybridized carbons (Fsp3) is 0.211.